The Morgan fingerprint density at radius 2 is 2.33 bits per heavy atom. The molecule has 0 saturated carbocycles. The molecule has 1 nitrogen and oxygen atoms in total. The summed E-state index contributed by atoms with van der Waals surface area (Å²) in [5, 5.41) is 7.77. The molecular weight excluding hydrogens is 105 g/mol. The third-order valence-corrected chi connectivity index (χ3v) is 0.447. The summed E-state index contributed by atoms with van der Waals surface area (Å²) in [5.41, 5.74) is 0. The van der Waals surface area contributed by atoms with Crippen LogP contribution in [0.3, 0.4) is 0 Å². The minimum atomic E-state index is 0. The zero-order valence-electron chi connectivity index (χ0n) is 4.81. The largest absolute Gasteiger partial charge is 1.00 e. The molecule has 0 aromatic carbocycles. The van der Waals surface area contributed by atoms with Gasteiger partial charge in [0.1, 0.15) is 0 Å². The van der Waals surface area contributed by atoms with E-state index in [1.165, 1.54) is 0 Å². The summed E-state index contributed by atoms with van der Waals surface area (Å²) >= 11 is 3.78. The summed E-state index contributed by atoms with van der Waals surface area (Å²) in [7, 11) is 0. The summed E-state index contributed by atoms with van der Waals surface area (Å²) in [5.74, 6) is 0.677. The van der Waals surface area contributed by atoms with E-state index in [2.05, 4.69) is 12.6 Å². The molecule has 0 atom stereocenters. The van der Waals surface area contributed by atoms with Crippen molar-refractivity contribution in [3.05, 3.63) is 0 Å². The van der Waals surface area contributed by atoms with Gasteiger partial charge >= 0.3 is 29.6 Å². The fraction of sp³-hybridized carbons (Fsp3) is 0.667. The zero-order chi connectivity index (χ0) is 4.12. The van der Waals surface area contributed by atoms with Gasteiger partial charge in [0.2, 0.25) is 0 Å². The summed E-state index contributed by atoms with van der Waals surface area (Å²) in [4.78, 5) is 0. The van der Waals surface area contributed by atoms with Crippen molar-refractivity contribution < 1.29 is 31.0 Å². The summed E-state index contributed by atoms with van der Waals surface area (Å²) in [6.07, 6.45) is 0.559. The summed E-state index contributed by atoms with van der Waals surface area (Å²) in [6, 6.07) is 1.94. The molecule has 0 spiro atoms. The van der Waals surface area contributed by atoms with Gasteiger partial charge in [-0.15, -0.1) is 0 Å². The molecule has 0 rings (SSSR count). The maximum atomic E-state index is 7.77. The fourth-order valence-corrected chi connectivity index (χ4v) is 0.150. The average molecular weight is 111 g/mol. The first-order valence-corrected chi connectivity index (χ1v) is 2.03. The Morgan fingerprint density at radius 3 is 2.33 bits per heavy atom. The molecule has 0 aliphatic heterocycles. The predicted molar refractivity (Wildman–Crippen MR) is 25.2 cm³/mol. The molecule has 0 fully saturated rings. The number of hydrogen-bond donors (Lipinski definition) is 1. The first kappa shape index (κ1) is 9.96. The number of nitriles is 1. The van der Waals surface area contributed by atoms with Gasteiger partial charge in [0.25, 0.3) is 0 Å². The van der Waals surface area contributed by atoms with E-state index in [0.717, 1.165) is 0 Å². The van der Waals surface area contributed by atoms with Gasteiger partial charge in [0.05, 0.1) is 6.07 Å². The number of thiol groups is 1. The van der Waals surface area contributed by atoms with Crippen molar-refractivity contribution in [2.75, 3.05) is 5.75 Å². The van der Waals surface area contributed by atoms with E-state index in [1.54, 1.807) is 0 Å². The third kappa shape index (κ3) is 8.85. The van der Waals surface area contributed by atoms with Crippen LogP contribution < -0.4 is 29.6 Å². The van der Waals surface area contributed by atoms with Gasteiger partial charge in [0, 0.05) is 12.2 Å². The van der Waals surface area contributed by atoms with Crippen LogP contribution in [0.25, 0.3) is 0 Å². The molecule has 0 aliphatic carbocycles. The normalized spacial score (nSPS) is 5.33. The van der Waals surface area contributed by atoms with Crippen LogP contribution in [0.4, 0.5) is 0 Å². The van der Waals surface area contributed by atoms with Crippen molar-refractivity contribution >= 4 is 12.6 Å². The van der Waals surface area contributed by atoms with Crippen molar-refractivity contribution in [2.45, 2.75) is 6.42 Å². The van der Waals surface area contributed by atoms with Crippen LogP contribution in [0.2, 0.25) is 0 Å². The molecule has 0 aliphatic rings. The maximum Gasteiger partial charge on any atom is 1.00 e. The third-order valence-electron chi connectivity index (χ3n) is 0.224. The molecule has 0 unspecified atom stereocenters. The van der Waals surface area contributed by atoms with Gasteiger partial charge in [-0.3, -0.25) is 0 Å². The van der Waals surface area contributed by atoms with E-state index in [0.29, 0.717) is 12.2 Å². The number of nitrogens with zero attached hydrogens (tertiary/aromatic N) is 1. The van der Waals surface area contributed by atoms with Gasteiger partial charge in [-0.2, -0.15) is 17.9 Å². The molecule has 0 heterocycles. The van der Waals surface area contributed by atoms with Crippen LogP contribution >= 0.6 is 12.6 Å². The van der Waals surface area contributed by atoms with Crippen molar-refractivity contribution in [3.8, 4) is 6.07 Å². The maximum absolute atomic E-state index is 7.77. The molecule has 0 bridgehead atoms. The second kappa shape index (κ2) is 9.28. The van der Waals surface area contributed by atoms with Crippen LogP contribution in [-0.2, 0) is 0 Å². The summed E-state index contributed by atoms with van der Waals surface area (Å²) in [6.45, 7) is 0. The van der Waals surface area contributed by atoms with Crippen molar-refractivity contribution in [2.24, 2.45) is 0 Å². The minimum absolute atomic E-state index is 0. The number of rotatable bonds is 1. The Bertz CT molecular complexity index is 53.4. The van der Waals surface area contributed by atoms with Crippen LogP contribution in [0.5, 0.6) is 0 Å². The summed E-state index contributed by atoms with van der Waals surface area (Å²) < 4.78 is 0. The monoisotopic (exact) mass is 111 g/mol. The topological polar surface area (TPSA) is 23.8 Å². The van der Waals surface area contributed by atoms with Gasteiger partial charge in [0.15, 0.2) is 0 Å². The Labute approximate surface area is 66.9 Å². The van der Waals surface area contributed by atoms with Gasteiger partial charge in [-0.25, -0.2) is 0 Å². The predicted octanol–water partition coefficient (Wildman–Crippen LogP) is -2.05. The van der Waals surface area contributed by atoms with Gasteiger partial charge in [-0.1, -0.05) is 0 Å². The smallest absolute Gasteiger partial charge is 1.00 e. The van der Waals surface area contributed by atoms with E-state index in [1.807, 2.05) is 6.07 Å². The van der Waals surface area contributed by atoms with Gasteiger partial charge in [-0.05, 0) is 0 Å². The van der Waals surface area contributed by atoms with E-state index >= 15 is 0 Å². The fourth-order valence-electron chi connectivity index (χ4n) is 0.0500. The van der Waals surface area contributed by atoms with Crippen molar-refractivity contribution in [3.63, 3.8) is 0 Å². The molecule has 3 heteroatoms. The molecule has 0 saturated heterocycles. The van der Waals surface area contributed by atoms with Crippen molar-refractivity contribution in [1.82, 2.24) is 0 Å². The second-order valence-corrected chi connectivity index (χ2v) is 1.08. The number of hydrogen-bond acceptors (Lipinski definition) is 2. The first-order chi connectivity index (χ1) is 2.41. The quantitative estimate of drug-likeness (QED) is 0.305. The van der Waals surface area contributed by atoms with Crippen LogP contribution in [-0.4, -0.2) is 5.75 Å². The molecule has 0 aromatic rings. The van der Waals surface area contributed by atoms with E-state index in [9.17, 15) is 0 Å². The van der Waals surface area contributed by atoms with Crippen molar-refractivity contribution in [1.29, 1.82) is 5.26 Å². The Morgan fingerprint density at radius 1 is 1.83 bits per heavy atom. The molecule has 0 N–H and O–H groups in total. The molecule has 30 valence electrons. The SMILES string of the molecule is N#CCCS.[H-].[Na+]. The van der Waals surface area contributed by atoms with Crippen LogP contribution in [0, 0.1) is 11.3 Å². The molecule has 0 amide bonds. The average Bonchev–Trinajstić information content (AvgIpc) is 1.41. The second-order valence-electron chi connectivity index (χ2n) is 0.632. The van der Waals surface area contributed by atoms with Crippen LogP contribution in [0.15, 0.2) is 0 Å². The first-order valence-electron chi connectivity index (χ1n) is 1.39. The van der Waals surface area contributed by atoms with E-state index in [4.69, 9.17) is 5.26 Å². The molecule has 0 radical (unpaired) electrons. The molecular formula is C3H6NNaS. The zero-order valence-corrected chi connectivity index (χ0v) is 6.70. The Kier molecular flexibility index (Phi) is 15.4. The van der Waals surface area contributed by atoms with Crippen LogP contribution in [0.1, 0.15) is 7.85 Å². The Hall–Kier alpha value is 0.840. The van der Waals surface area contributed by atoms with E-state index < -0.39 is 0 Å². The van der Waals surface area contributed by atoms with E-state index in [-0.39, 0.29) is 31.0 Å². The van der Waals surface area contributed by atoms with Gasteiger partial charge < -0.3 is 1.43 Å². The standard InChI is InChI=1S/C3H5NS.Na.H/c4-2-1-3-5;;/h5H,1,3H2;;/q;+1;-1. The molecule has 0 aromatic heterocycles. The molecule has 6 heavy (non-hydrogen) atoms. The minimum Gasteiger partial charge on any atom is -1.00 e. The Balaban J connectivity index is -0.0000000800.